The minimum atomic E-state index is 0.243. The molecule has 99 valence electrons. The first kappa shape index (κ1) is 14.9. The predicted molar refractivity (Wildman–Crippen MR) is 77.0 cm³/mol. The van der Waals surface area contributed by atoms with Crippen LogP contribution in [0.1, 0.15) is 74.2 Å². The summed E-state index contributed by atoms with van der Waals surface area (Å²) in [6.45, 7) is 4.25. The van der Waals surface area contributed by atoms with E-state index in [1.807, 2.05) is 25.1 Å². The summed E-state index contributed by atoms with van der Waals surface area (Å²) in [5.74, 6) is 0.243. The number of ketones is 1. The van der Waals surface area contributed by atoms with Crippen molar-refractivity contribution in [2.45, 2.75) is 65.2 Å². The summed E-state index contributed by atoms with van der Waals surface area (Å²) in [6.07, 6.45) is 9.44. The third-order valence-corrected chi connectivity index (χ3v) is 3.26. The van der Waals surface area contributed by atoms with E-state index in [4.69, 9.17) is 0 Å². The lowest BCUT2D eigenvalue weighted by atomic mass is 10.0. The van der Waals surface area contributed by atoms with Gasteiger partial charge in [0.25, 0.3) is 0 Å². The molecule has 0 aliphatic carbocycles. The van der Waals surface area contributed by atoms with Crippen LogP contribution < -0.4 is 0 Å². The van der Waals surface area contributed by atoms with Gasteiger partial charge in [-0.25, -0.2) is 0 Å². The average Bonchev–Trinajstić information content (AvgIpc) is 2.37. The Morgan fingerprint density at radius 2 is 1.78 bits per heavy atom. The first-order valence-electron chi connectivity index (χ1n) is 7.25. The molecule has 0 N–H and O–H groups in total. The van der Waals surface area contributed by atoms with E-state index in [1.54, 1.807) is 0 Å². The van der Waals surface area contributed by atoms with Crippen LogP contribution in [-0.2, 0) is 0 Å². The summed E-state index contributed by atoms with van der Waals surface area (Å²) in [5, 5.41) is 0. The summed E-state index contributed by atoms with van der Waals surface area (Å²) in [5.41, 5.74) is 1.89. The van der Waals surface area contributed by atoms with Gasteiger partial charge in [-0.1, -0.05) is 63.1 Å². The molecule has 1 radical (unpaired) electrons. The van der Waals surface area contributed by atoms with Gasteiger partial charge in [0.1, 0.15) is 0 Å². The number of hydrogen-bond acceptors (Lipinski definition) is 1. The molecule has 0 aromatic heterocycles. The molecule has 1 aromatic carbocycles. The summed E-state index contributed by atoms with van der Waals surface area (Å²) in [6, 6.07) is 8.78. The second-order valence-electron chi connectivity index (χ2n) is 5.07. The topological polar surface area (TPSA) is 17.1 Å². The van der Waals surface area contributed by atoms with E-state index in [1.165, 1.54) is 38.5 Å². The number of carbonyl (C=O) groups is 1. The molecule has 0 amide bonds. The maximum atomic E-state index is 11.9. The number of carbonyl (C=O) groups excluding carboxylic acids is 1. The molecular weight excluding hydrogens is 220 g/mol. The summed E-state index contributed by atoms with van der Waals surface area (Å²) in [7, 11) is 0. The zero-order valence-electron chi connectivity index (χ0n) is 11.8. The highest BCUT2D eigenvalue weighted by Gasteiger charge is 2.05. The molecule has 0 spiro atoms. The van der Waals surface area contributed by atoms with Gasteiger partial charge in [-0.3, -0.25) is 4.79 Å². The first-order valence-corrected chi connectivity index (χ1v) is 7.25. The molecule has 18 heavy (non-hydrogen) atoms. The van der Waals surface area contributed by atoms with Gasteiger partial charge in [0.05, 0.1) is 0 Å². The number of hydrogen-bond donors (Lipinski definition) is 0. The van der Waals surface area contributed by atoms with Crippen molar-refractivity contribution in [1.82, 2.24) is 0 Å². The average molecular weight is 245 g/mol. The van der Waals surface area contributed by atoms with E-state index in [9.17, 15) is 4.79 Å². The Balaban J connectivity index is 2.14. The fraction of sp³-hybridized carbons (Fsp3) is 0.588. The third kappa shape index (κ3) is 6.00. The Hall–Kier alpha value is -1.11. The molecule has 1 aromatic rings. The number of rotatable bonds is 9. The van der Waals surface area contributed by atoms with Gasteiger partial charge in [-0.15, -0.1) is 0 Å². The normalized spacial score (nSPS) is 10.6. The van der Waals surface area contributed by atoms with Gasteiger partial charge in [0, 0.05) is 12.0 Å². The number of benzene rings is 1. The molecule has 0 saturated heterocycles. The van der Waals surface area contributed by atoms with E-state index >= 15 is 0 Å². The molecule has 0 heterocycles. The van der Waals surface area contributed by atoms with Gasteiger partial charge in [0.2, 0.25) is 0 Å². The Morgan fingerprint density at radius 1 is 1.11 bits per heavy atom. The first-order chi connectivity index (χ1) is 8.74. The van der Waals surface area contributed by atoms with Crippen LogP contribution in [0.3, 0.4) is 0 Å². The Labute approximate surface area is 112 Å². The fourth-order valence-electron chi connectivity index (χ4n) is 2.12. The zero-order valence-corrected chi connectivity index (χ0v) is 11.8. The SMILES string of the molecule is CCCCCCCCCC(=O)c1[c]ccc(C)c1. The zero-order chi connectivity index (χ0) is 13.2. The molecule has 0 saturated carbocycles. The smallest absolute Gasteiger partial charge is 0.163 e. The monoisotopic (exact) mass is 245 g/mol. The van der Waals surface area contributed by atoms with Crippen molar-refractivity contribution in [1.29, 1.82) is 0 Å². The number of Topliss-reactive ketones (excluding diaryl/α,β-unsaturated/α-hetero) is 1. The van der Waals surface area contributed by atoms with Crippen LogP contribution in [0.5, 0.6) is 0 Å². The third-order valence-electron chi connectivity index (χ3n) is 3.26. The molecule has 1 nitrogen and oxygen atoms in total. The second-order valence-corrected chi connectivity index (χ2v) is 5.07. The highest BCUT2D eigenvalue weighted by molar-refractivity contribution is 5.95. The Morgan fingerprint density at radius 3 is 2.44 bits per heavy atom. The molecular formula is C17H25O. The van der Waals surface area contributed by atoms with Gasteiger partial charge >= 0.3 is 0 Å². The van der Waals surface area contributed by atoms with Crippen molar-refractivity contribution in [3.8, 4) is 0 Å². The highest BCUT2D eigenvalue weighted by Crippen LogP contribution is 2.12. The summed E-state index contributed by atoms with van der Waals surface area (Å²) >= 11 is 0. The second kappa shape index (κ2) is 8.91. The van der Waals surface area contributed by atoms with Crippen molar-refractivity contribution in [2.24, 2.45) is 0 Å². The maximum absolute atomic E-state index is 11.9. The lowest BCUT2D eigenvalue weighted by molar-refractivity contribution is 0.0978. The van der Waals surface area contributed by atoms with Crippen LogP contribution in [0.25, 0.3) is 0 Å². The molecule has 1 heteroatoms. The molecule has 0 bridgehead atoms. The van der Waals surface area contributed by atoms with E-state index in [0.717, 1.165) is 17.5 Å². The van der Waals surface area contributed by atoms with Gasteiger partial charge in [-0.05, 0) is 25.5 Å². The van der Waals surface area contributed by atoms with Gasteiger partial charge in [0.15, 0.2) is 5.78 Å². The van der Waals surface area contributed by atoms with Crippen molar-refractivity contribution in [3.63, 3.8) is 0 Å². The number of aryl methyl sites for hydroxylation is 1. The Kier molecular flexibility index (Phi) is 7.40. The quantitative estimate of drug-likeness (QED) is 0.436. The highest BCUT2D eigenvalue weighted by atomic mass is 16.1. The van der Waals surface area contributed by atoms with Gasteiger partial charge in [-0.2, -0.15) is 0 Å². The predicted octanol–water partition coefficient (Wildman–Crippen LogP) is 5.12. The van der Waals surface area contributed by atoms with E-state index in [-0.39, 0.29) is 5.78 Å². The van der Waals surface area contributed by atoms with Crippen LogP contribution in [-0.4, -0.2) is 5.78 Å². The van der Waals surface area contributed by atoms with Crippen LogP contribution >= 0.6 is 0 Å². The molecule has 1 rings (SSSR count). The van der Waals surface area contributed by atoms with Crippen LogP contribution in [0, 0.1) is 13.0 Å². The fourth-order valence-corrected chi connectivity index (χ4v) is 2.12. The van der Waals surface area contributed by atoms with Crippen LogP contribution in [0.15, 0.2) is 18.2 Å². The summed E-state index contributed by atoms with van der Waals surface area (Å²) in [4.78, 5) is 11.9. The minimum Gasteiger partial charge on any atom is -0.294 e. The number of unbranched alkanes of at least 4 members (excludes halogenated alkanes) is 6. The molecule has 0 aliphatic heterocycles. The minimum absolute atomic E-state index is 0.243. The van der Waals surface area contributed by atoms with Gasteiger partial charge < -0.3 is 0 Å². The van der Waals surface area contributed by atoms with E-state index in [0.29, 0.717) is 6.42 Å². The van der Waals surface area contributed by atoms with Crippen molar-refractivity contribution >= 4 is 5.78 Å². The Bertz CT molecular complexity index is 354. The van der Waals surface area contributed by atoms with Crippen molar-refractivity contribution in [2.75, 3.05) is 0 Å². The van der Waals surface area contributed by atoms with Crippen molar-refractivity contribution in [3.05, 3.63) is 35.4 Å². The van der Waals surface area contributed by atoms with Crippen LogP contribution in [0.2, 0.25) is 0 Å². The molecule has 0 unspecified atom stereocenters. The standard InChI is InChI=1S/C17H25O/c1-3-4-5-6-7-8-9-13-17(18)16-12-10-11-15(2)14-16/h10-11,14H,3-9,13H2,1-2H3. The van der Waals surface area contributed by atoms with Crippen LogP contribution in [0.4, 0.5) is 0 Å². The summed E-state index contributed by atoms with van der Waals surface area (Å²) < 4.78 is 0. The maximum Gasteiger partial charge on any atom is 0.163 e. The lowest BCUT2D eigenvalue weighted by Gasteiger charge is -2.02. The van der Waals surface area contributed by atoms with E-state index in [2.05, 4.69) is 13.0 Å². The van der Waals surface area contributed by atoms with Crippen molar-refractivity contribution < 1.29 is 4.79 Å². The molecule has 0 atom stereocenters. The molecule has 0 aliphatic rings. The lowest BCUT2D eigenvalue weighted by Crippen LogP contribution is -1.99. The van der Waals surface area contributed by atoms with E-state index < -0.39 is 0 Å². The molecule has 0 fully saturated rings. The largest absolute Gasteiger partial charge is 0.294 e.